The van der Waals surface area contributed by atoms with E-state index in [1.54, 1.807) is 4.90 Å². The maximum absolute atomic E-state index is 12.4. The molecule has 0 bridgehead atoms. The van der Waals surface area contributed by atoms with Crippen LogP contribution in [0.3, 0.4) is 0 Å². The molecular formula is C15H22N2O2. The van der Waals surface area contributed by atoms with Crippen LogP contribution in [0.4, 0.5) is 0 Å². The van der Waals surface area contributed by atoms with Gasteiger partial charge in [0.1, 0.15) is 5.56 Å². The van der Waals surface area contributed by atoms with Crippen molar-refractivity contribution in [2.24, 2.45) is 5.92 Å². The van der Waals surface area contributed by atoms with Gasteiger partial charge < -0.3 is 9.88 Å². The molecule has 0 spiro atoms. The second kappa shape index (κ2) is 5.59. The monoisotopic (exact) mass is 262 g/mol. The van der Waals surface area contributed by atoms with Crippen LogP contribution < -0.4 is 5.43 Å². The summed E-state index contributed by atoms with van der Waals surface area (Å²) >= 11 is 0. The van der Waals surface area contributed by atoms with Crippen molar-refractivity contribution in [3.8, 4) is 0 Å². The van der Waals surface area contributed by atoms with Crippen LogP contribution in [0.15, 0.2) is 17.1 Å². The topological polar surface area (TPSA) is 53.2 Å². The van der Waals surface area contributed by atoms with E-state index in [0.717, 1.165) is 37.3 Å². The molecule has 0 saturated heterocycles. The van der Waals surface area contributed by atoms with Crippen molar-refractivity contribution >= 4 is 5.91 Å². The first kappa shape index (κ1) is 13.8. The molecule has 104 valence electrons. The lowest BCUT2D eigenvalue weighted by molar-refractivity contribution is 0.0678. The predicted octanol–water partition coefficient (Wildman–Crippen LogP) is 2.33. The number of hydrogen-bond acceptors (Lipinski definition) is 2. The highest BCUT2D eigenvalue weighted by Gasteiger charge is 2.26. The second-order valence-corrected chi connectivity index (χ2v) is 5.72. The summed E-state index contributed by atoms with van der Waals surface area (Å²) in [7, 11) is 1.81. The third-order valence-electron chi connectivity index (χ3n) is 4.14. The highest BCUT2D eigenvalue weighted by molar-refractivity contribution is 5.93. The summed E-state index contributed by atoms with van der Waals surface area (Å²) in [4.78, 5) is 28.9. The molecule has 1 N–H and O–H groups in total. The van der Waals surface area contributed by atoms with E-state index in [1.807, 2.05) is 14.0 Å². The van der Waals surface area contributed by atoms with Gasteiger partial charge in [0.2, 0.25) is 0 Å². The average molecular weight is 262 g/mol. The summed E-state index contributed by atoms with van der Waals surface area (Å²) in [5, 5.41) is 0. The van der Waals surface area contributed by atoms with Crippen LogP contribution >= 0.6 is 0 Å². The van der Waals surface area contributed by atoms with E-state index in [-0.39, 0.29) is 22.9 Å². The summed E-state index contributed by atoms with van der Waals surface area (Å²) in [6.07, 6.45) is 5.92. The molecule has 1 aromatic rings. The number of carbonyl (C=O) groups excluding carboxylic acids is 1. The Bertz CT molecular complexity index is 513. The van der Waals surface area contributed by atoms with Gasteiger partial charge in [-0.3, -0.25) is 9.59 Å². The molecule has 4 nitrogen and oxygen atoms in total. The third kappa shape index (κ3) is 3.06. The van der Waals surface area contributed by atoms with Crippen molar-refractivity contribution < 1.29 is 4.79 Å². The van der Waals surface area contributed by atoms with Crippen molar-refractivity contribution in [1.29, 1.82) is 0 Å². The van der Waals surface area contributed by atoms with Crippen molar-refractivity contribution in [1.82, 2.24) is 9.88 Å². The molecule has 0 atom stereocenters. The van der Waals surface area contributed by atoms with E-state index >= 15 is 0 Å². The maximum atomic E-state index is 12.4. The zero-order valence-corrected chi connectivity index (χ0v) is 11.9. The first-order valence-corrected chi connectivity index (χ1v) is 6.95. The van der Waals surface area contributed by atoms with Gasteiger partial charge in [-0.25, -0.2) is 0 Å². The van der Waals surface area contributed by atoms with E-state index < -0.39 is 0 Å². The highest BCUT2D eigenvalue weighted by Crippen LogP contribution is 2.26. The molecule has 0 aliphatic heterocycles. The van der Waals surface area contributed by atoms with Gasteiger partial charge >= 0.3 is 0 Å². The van der Waals surface area contributed by atoms with Crippen LogP contribution in [0.2, 0.25) is 0 Å². The Morgan fingerprint density at radius 1 is 1.32 bits per heavy atom. The van der Waals surface area contributed by atoms with Gasteiger partial charge in [0.15, 0.2) is 5.43 Å². The quantitative estimate of drug-likeness (QED) is 0.889. The fraction of sp³-hybridized carbons (Fsp3) is 0.600. The van der Waals surface area contributed by atoms with E-state index in [0.29, 0.717) is 0 Å². The Labute approximate surface area is 113 Å². The lowest BCUT2D eigenvalue weighted by Crippen LogP contribution is -2.41. The Kier molecular flexibility index (Phi) is 4.08. The van der Waals surface area contributed by atoms with Crippen molar-refractivity contribution in [3.63, 3.8) is 0 Å². The number of pyridine rings is 1. The molecule has 1 aliphatic rings. The van der Waals surface area contributed by atoms with Gasteiger partial charge in [-0.2, -0.15) is 0 Å². The Balaban J connectivity index is 2.12. The second-order valence-electron chi connectivity index (χ2n) is 5.72. The fourth-order valence-corrected chi connectivity index (χ4v) is 2.73. The fourth-order valence-electron chi connectivity index (χ4n) is 2.73. The molecule has 0 unspecified atom stereocenters. The van der Waals surface area contributed by atoms with Crippen LogP contribution in [0.5, 0.6) is 0 Å². The largest absolute Gasteiger partial charge is 0.364 e. The standard InChI is InChI=1S/C15H22N2O2/c1-10-4-6-12(7-5-10)17(3)15(19)13-9-16-11(2)8-14(13)18/h8-10,12H,4-7H2,1-3H3,(H,16,18). The SMILES string of the molecule is Cc1cc(=O)c(C(=O)N(C)C2CCC(C)CC2)c[nH]1. The average Bonchev–Trinajstić information content (AvgIpc) is 2.38. The Morgan fingerprint density at radius 2 is 1.95 bits per heavy atom. The third-order valence-corrected chi connectivity index (χ3v) is 4.14. The van der Waals surface area contributed by atoms with Crippen molar-refractivity contribution in [3.05, 3.63) is 33.7 Å². The summed E-state index contributed by atoms with van der Waals surface area (Å²) < 4.78 is 0. The van der Waals surface area contributed by atoms with E-state index in [1.165, 1.54) is 12.3 Å². The number of rotatable bonds is 2. The molecule has 19 heavy (non-hydrogen) atoms. The minimum atomic E-state index is -0.197. The number of aryl methyl sites for hydroxylation is 1. The van der Waals surface area contributed by atoms with Crippen LogP contribution in [0.1, 0.15) is 48.7 Å². The number of aromatic nitrogens is 1. The van der Waals surface area contributed by atoms with Gasteiger partial charge in [-0.1, -0.05) is 6.92 Å². The number of amides is 1. The van der Waals surface area contributed by atoms with Crippen LogP contribution in [0, 0.1) is 12.8 Å². The normalized spacial score (nSPS) is 23.1. The minimum absolute atomic E-state index is 0.166. The van der Waals surface area contributed by atoms with Gasteiger partial charge in [0.25, 0.3) is 5.91 Å². The Morgan fingerprint density at radius 3 is 2.53 bits per heavy atom. The molecule has 0 radical (unpaired) electrons. The molecule has 1 fully saturated rings. The minimum Gasteiger partial charge on any atom is -0.364 e. The number of carbonyl (C=O) groups is 1. The lowest BCUT2D eigenvalue weighted by atomic mass is 9.86. The van der Waals surface area contributed by atoms with Crippen molar-refractivity contribution in [2.45, 2.75) is 45.6 Å². The molecule has 1 amide bonds. The molecular weight excluding hydrogens is 240 g/mol. The molecule has 1 aliphatic carbocycles. The maximum Gasteiger partial charge on any atom is 0.259 e. The number of hydrogen-bond donors (Lipinski definition) is 1. The first-order valence-electron chi connectivity index (χ1n) is 6.95. The zero-order chi connectivity index (χ0) is 14.0. The van der Waals surface area contributed by atoms with Gasteiger partial charge in [0.05, 0.1) is 0 Å². The molecule has 1 heterocycles. The number of nitrogens with zero attached hydrogens (tertiary/aromatic N) is 1. The molecule has 1 aromatic heterocycles. The number of aromatic amines is 1. The predicted molar refractivity (Wildman–Crippen MR) is 75.3 cm³/mol. The zero-order valence-electron chi connectivity index (χ0n) is 11.9. The summed E-state index contributed by atoms with van der Waals surface area (Å²) in [6.45, 7) is 4.06. The molecule has 2 rings (SSSR count). The first-order chi connectivity index (χ1) is 8.99. The van der Waals surface area contributed by atoms with Gasteiger partial charge in [-0.05, 0) is 38.5 Å². The Hall–Kier alpha value is -1.58. The van der Waals surface area contributed by atoms with E-state index in [2.05, 4.69) is 11.9 Å². The molecule has 4 heteroatoms. The van der Waals surface area contributed by atoms with Crippen LogP contribution in [0.25, 0.3) is 0 Å². The van der Waals surface area contributed by atoms with E-state index in [4.69, 9.17) is 0 Å². The van der Waals surface area contributed by atoms with Crippen LogP contribution in [-0.4, -0.2) is 28.9 Å². The van der Waals surface area contributed by atoms with Gasteiger partial charge in [-0.15, -0.1) is 0 Å². The highest BCUT2D eigenvalue weighted by atomic mass is 16.2. The van der Waals surface area contributed by atoms with Crippen molar-refractivity contribution in [2.75, 3.05) is 7.05 Å². The number of nitrogens with one attached hydrogen (secondary N) is 1. The molecule has 1 saturated carbocycles. The smallest absolute Gasteiger partial charge is 0.259 e. The summed E-state index contributed by atoms with van der Waals surface area (Å²) in [5.74, 6) is 0.586. The van der Waals surface area contributed by atoms with Gasteiger partial charge in [0, 0.05) is 31.0 Å². The summed E-state index contributed by atoms with van der Waals surface area (Å²) in [6, 6.07) is 1.74. The molecule has 0 aromatic carbocycles. The van der Waals surface area contributed by atoms with Crippen LogP contribution in [-0.2, 0) is 0 Å². The lowest BCUT2D eigenvalue weighted by Gasteiger charge is -2.33. The summed E-state index contributed by atoms with van der Waals surface area (Å²) in [5.41, 5.74) is 0.819. The number of H-pyrrole nitrogens is 1. The van der Waals surface area contributed by atoms with E-state index in [9.17, 15) is 9.59 Å².